The molecule has 1 aromatic heterocycles. The Labute approximate surface area is 128 Å². The van der Waals surface area contributed by atoms with Crippen LogP contribution in [0.5, 0.6) is 0 Å². The van der Waals surface area contributed by atoms with Crippen molar-refractivity contribution in [3.05, 3.63) is 52.0 Å². The van der Waals surface area contributed by atoms with Crippen molar-refractivity contribution in [1.82, 2.24) is 4.98 Å². The van der Waals surface area contributed by atoms with E-state index < -0.39 is 11.7 Å². The van der Waals surface area contributed by atoms with Crippen LogP contribution in [-0.4, -0.2) is 12.0 Å². The van der Waals surface area contributed by atoms with E-state index in [4.69, 9.17) is 5.73 Å². The van der Waals surface area contributed by atoms with Crippen molar-refractivity contribution in [2.24, 2.45) is 0 Å². The summed E-state index contributed by atoms with van der Waals surface area (Å²) in [6.07, 6.45) is -4.44. The molecule has 0 aliphatic heterocycles. The van der Waals surface area contributed by atoms with Crippen LogP contribution >= 0.6 is 15.9 Å². The molecule has 1 heterocycles. The highest BCUT2D eigenvalue weighted by Gasteiger charge is 2.31. The van der Waals surface area contributed by atoms with E-state index in [0.717, 1.165) is 22.2 Å². The summed E-state index contributed by atoms with van der Waals surface area (Å²) in [6.45, 7) is 0.432. The van der Waals surface area contributed by atoms with Gasteiger partial charge in [0.25, 0.3) is 0 Å². The zero-order valence-corrected chi connectivity index (χ0v) is 12.7. The molecule has 2 N–H and O–H groups in total. The Kier molecular flexibility index (Phi) is 4.41. The molecule has 0 spiro atoms. The second kappa shape index (κ2) is 5.93. The zero-order chi connectivity index (χ0) is 15.6. The molecule has 2 rings (SSSR count). The summed E-state index contributed by atoms with van der Waals surface area (Å²) in [7, 11) is 1.67. The number of halogens is 4. The summed E-state index contributed by atoms with van der Waals surface area (Å²) >= 11 is 3.33. The molecule has 0 radical (unpaired) electrons. The predicted molar refractivity (Wildman–Crippen MR) is 79.9 cm³/mol. The van der Waals surface area contributed by atoms with Crippen molar-refractivity contribution in [1.29, 1.82) is 0 Å². The highest BCUT2D eigenvalue weighted by atomic mass is 79.9. The van der Waals surface area contributed by atoms with Gasteiger partial charge in [-0.2, -0.15) is 13.2 Å². The van der Waals surface area contributed by atoms with Gasteiger partial charge in [-0.3, -0.25) is 0 Å². The Morgan fingerprint density at radius 3 is 2.38 bits per heavy atom. The molecule has 7 heteroatoms. The van der Waals surface area contributed by atoms with E-state index >= 15 is 0 Å². The van der Waals surface area contributed by atoms with Crippen LogP contribution < -0.4 is 10.6 Å². The number of nitrogens with two attached hydrogens (primary N) is 1. The van der Waals surface area contributed by atoms with E-state index in [2.05, 4.69) is 20.9 Å². The minimum absolute atomic E-state index is 0.150. The third-order valence-corrected chi connectivity index (χ3v) is 3.41. The molecule has 3 nitrogen and oxygen atoms in total. The molecule has 0 atom stereocenters. The molecule has 112 valence electrons. The van der Waals surface area contributed by atoms with E-state index in [1.807, 2.05) is 24.3 Å². The first-order chi connectivity index (χ1) is 9.75. The number of nitrogens with zero attached hydrogens (tertiary/aromatic N) is 2. The Hall–Kier alpha value is -1.76. The lowest BCUT2D eigenvalue weighted by molar-refractivity contribution is -0.137. The Balaban J connectivity index is 2.24. The Morgan fingerprint density at radius 1 is 1.19 bits per heavy atom. The van der Waals surface area contributed by atoms with Crippen LogP contribution in [0.15, 0.2) is 40.9 Å². The van der Waals surface area contributed by atoms with Gasteiger partial charge in [0.15, 0.2) is 0 Å². The minimum atomic E-state index is -4.44. The number of rotatable bonds is 3. The molecular formula is C14H13BrF3N3. The van der Waals surface area contributed by atoms with Gasteiger partial charge in [-0.25, -0.2) is 4.98 Å². The van der Waals surface area contributed by atoms with E-state index in [0.29, 0.717) is 6.54 Å². The van der Waals surface area contributed by atoms with Crippen molar-refractivity contribution in [3.8, 4) is 0 Å². The predicted octanol–water partition coefficient (Wildman–Crippen LogP) is 4.08. The van der Waals surface area contributed by atoms with Gasteiger partial charge in [0, 0.05) is 18.1 Å². The van der Waals surface area contributed by atoms with Gasteiger partial charge in [0.05, 0.1) is 5.56 Å². The highest BCUT2D eigenvalue weighted by Crippen LogP contribution is 2.32. The van der Waals surface area contributed by atoms with Crippen molar-refractivity contribution in [2.45, 2.75) is 12.7 Å². The highest BCUT2D eigenvalue weighted by molar-refractivity contribution is 9.10. The average molecular weight is 360 g/mol. The molecule has 0 saturated carbocycles. The summed E-state index contributed by atoms with van der Waals surface area (Å²) in [5, 5.41) is 0. The number of pyridine rings is 1. The molecule has 1 aromatic carbocycles. The first kappa shape index (κ1) is 15.6. The molecule has 0 saturated heterocycles. The van der Waals surface area contributed by atoms with E-state index in [-0.39, 0.29) is 11.6 Å². The number of alkyl halides is 3. The first-order valence-corrected chi connectivity index (χ1v) is 6.85. The summed E-state index contributed by atoms with van der Waals surface area (Å²) in [4.78, 5) is 5.58. The Bertz CT molecular complexity index is 626. The number of nitrogen functional groups attached to an aromatic ring is 1. The fourth-order valence-corrected chi connectivity index (χ4v) is 2.11. The van der Waals surface area contributed by atoms with Gasteiger partial charge in [0.1, 0.15) is 11.6 Å². The molecule has 0 fully saturated rings. The van der Waals surface area contributed by atoms with E-state index in [1.54, 1.807) is 11.9 Å². The van der Waals surface area contributed by atoms with Crippen molar-refractivity contribution in [3.63, 3.8) is 0 Å². The maximum Gasteiger partial charge on any atom is 0.416 e. The van der Waals surface area contributed by atoms with Gasteiger partial charge in [0.2, 0.25) is 0 Å². The standard InChI is InChI=1S/C14H13BrF3N3/c1-21(8-9-2-4-11(15)5-3-9)13-7-10(14(16,17)18)6-12(19)20-13/h2-7H,8H2,1H3,(H2,19,20). The van der Waals surface area contributed by atoms with Gasteiger partial charge < -0.3 is 10.6 Å². The summed E-state index contributed by atoms with van der Waals surface area (Å²) in [5.41, 5.74) is 5.62. The van der Waals surface area contributed by atoms with Gasteiger partial charge >= 0.3 is 6.18 Å². The third kappa shape index (κ3) is 4.10. The fraction of sp³-hybridized carbons (Fsp3) is 0.214. The summed E-state index contributed by atoms with van der Waals surface area (Å²) < 4.78 is 39.3. The van der Waals surface area contributed by atoms with Crippen LogP contribution in [0.1, 0.15) is 11.1 Å². The van der Waals surface area contributed by atoms with Crippen LogP contribution in [0.4, 0.5) is 24.8 Å². The monoisotopic (exact) mass is 359 g/mol. The third-order valence-electron chi connectivity index (χ3n) is 2.88. The maximum atomic E-state index is 12.8. The molecule has 2 aromatic rings. The average Bonchev–Trinajstić information content (AvgIpc) is 2.39. The van der Waals surface area contributed by atoms with E-state index in [1.165, 1.54) is 0 Å². The number of anilines is 2. The van der Waals surface area contributed by atoms with Crippen LogP contribution in [0.25, 0.3) is 0 Å². The summed E-state index contributed by atoms with van der Waals surface area (Å²) in [6, 6.07) is 9.34. The Morgan fingerprint density at radius 2 is 1.81 bits per heavy atom. The lowest BCUT2D eigenvalue weighted by Gasteiger charge is -2.20. The summed E-state index contributed by atoms with van der Waals surface area (Å²) in [5.74, 6) is 0.0349. The normalized spacial score (nSPS) is 11.5. The second-order valence-corrected chi connectivity index (χ2v) is 5.53. The molecule has 0 bridgehead atoms. The van der Waals surface area contributed by atoms with Crippen LogP contribution in [-0.2, 0) is 12.7 Å². The number of hydrogen-bond donors (Lipinski definition) is 1. The lowest BCUT2D eigenvalue weighted by atomic mass is 10.2. The zero-order valence-electron chi connectivity index (χ0n) is 11.2. The van der Waals surface area contributed by atoms with Crippen LogP contribution in [0, 0.1) is 0 Å². The van der Waals surface area contributed by atoms with E-state index in [9.17, 15) is 13.2 Å². The van der Waals surface area contributed by atoms with Crippen LogP contribution in [0.3, 0.4) is 0 Å². The number of hydrogen-bond acceptors (Lipinski definition) is 3. The lowest BCUT2D eigenvalue weighted by Crippen LogP contribution is -2.19. The quantitative estimate of drug-likeness (QED) is 0.897. The maximum absolute atomic E-state index is 12.8. The molecular weight excluding hydrogens is 347 g/mol. The van der Waals surface area contributed by atoms with Crippen molar-refractivity contribution in [2.75, 3.05) is 17.7 Å². The largest absolute Gasteiger partial charge is 0.416 e. The second-order valence-electron chi connectivity index (χ2n) is 4.62. The minimum Gasteiger partial charge on any atom is -0.384 e. The topological polar surface area (TPSA) is 42.1 Å². The fourth-order valence-electron chi connectivity index (χ4n) is 1.84. The van der Waals surface area contributed by atoms with Gasteiger partial charge in [-0.05, 0) is 29.8 Å². The van der Waals surface area contributed by atoms with Crippen molar-refractivity contribution < 1.29 is 13.2 Å². The van der Waals surface area contributed by atoms with Crippen LogP contribution in [0.2, 0.25) is 0 Å². The number of aromatic nitrogens is 1. The molecule has 0 amide bonds. The van der Waals surface area contributed by atoms with Crippen molar-refractivity contribution >= 4 is 27.6 Å². The molecule has 0 unspecified atom stereocenters. The molecule has 0 aliphatic carbocycles. The first-order valence-electron chi connectivity index (χ1n) is 6.06. The van der Waals surface area contributed by atoms with Gasteiger partial charge in [-0.1, -0.05) is 28.1 Å². The SMILES string of the molecule is CN(Cc1ccc(Br)cc1)c1cc(C(F)(F)F)cc(N)n1. The number of benzene rings is 1. The van der Waals surface area contributed by atoms with Gasteiger partial charge in [-0.15, -0.1) is 0 Å². The smallest absolute Gasteiger partial charge is 0.384 e. The molecule has 21 heavy (non-hydrogen) atoms. The molecule has 0 aliphatic rings.